The molecule has 0 aliphatic heterocycles. The molecular formula is C13H21N3O3S. The maximum atomic E-state index is 12.4. The summed E-state index contributed by atoms with van der Waals surface area (Å²) in [5.74, 6) is -0.324. The van der Waals surface area contributed by atoms with Gasteiger partial charge < -0.3 is 11.1 Å². The Morgan fingerprint density at radius 2 is 2.05 bits per heavy atom. The molecule has 0 saturated heterocycles. The van der Waals surface area contributed by atoms with Crippen molar-refractivity contribution in [2.45, 2.75) is 25.3 Å². The molecule has 0 radical (unpaired) electrons. The van der Waals surface area contributed by atoms with E-state index in [9.17, 15) is 13.2 Å². The van der Waals surface area contributed by atoms with Gasteiger partial charge in [0.25, 0.3) is 0 Å². The molecule has 112 valence electrons. The smallest absolute Gasteiger partial charge is 0.243 e. The average molecular weight is 299 g/mol. The number of rotatable bonds is 6. The maximum absolute atomic E-state index is 12.4. The molecule has 1 rings (SSSR count). The van der Waals surface area contributed by atoms with Crippen molar-refractivity contribution in [2.24, 2.45) is 5.73 Å². The minimum absolute atomic E-state index is 0.196. The molecule has 0 bridgehead atoms. The topological polar surface area (TPSA) is 92.5 Å². The standard InChI is InChI=1S/C13H21N3O3S/c1-4-15-13(17)9-16(3)20(18,19)12-6-5-11(8-14)7-10(12)2/h5-7H,4,8-9,14H2,1-3H3,(H,15,17). The van der Waals surface area contributed by atoms with E-state index in [4.69, 9.17) is 5.73 Å². The Kier molecular flexibility index (Phi) is 5.67. The minimum Gasteiger partial charge on any atom is -0.355 e. The quantitative estimate of drug-likeness (QED) is 0.785. The van der Waals surface area contributed by atoms with Gasteiger partial charge in [0.05, 0.1) is 11.4 Å². The van der Waals surface area contributed by atoms with Crippen LogP contribution in [0.2, 0.25) is 0 Å². The Morgan fingerprint density at radius 3 is 2.55 bits per heavy atom. The van der Waals surface area contributed by atoms with Crippen LogP contribution in [0.3, 0.4) is 0 Å². The highest BCUT2D eigenvalue weighted by Crippen LogP contribution is 2.20. The number of benzene rings is 1. The van der Waals surface area contributed by atoms with Crippen molar-refractivity contribution in [3.05, 3.63) is 29.3 Å². The fourth-order valence-electron chi connectivity index (χ4n) is 1.84. The molecule has 7 heteroatoms. The number of amides is 1. The SMILES string of the molecule is CCNC(=O)CN(C)S(=O)(=O)c1ccc(CN)cc1C. The minimum atomic E-state index is -3.68. The highest BCUT2D eigenvalue weighted by Gasteiger charge is 2.24. The van der Waals surface area contributed by atoms with Gasteiger partial charge in [-0.3, -0.25) is 4.79 Å². The normalized spacial score (nSPS) is 11.7. The first-order valence-electron chi connectivity index (χ1n) is 6.35. The summed E-state index contributed by atoms with van der Waals surface area (Å²) in [6.07, 6.45) is 0. The van der Waals surface area contributed by atoms with E-state index in [2.05, 4.69) is 5.32 Å². The number of carbonyl (C=O) groups is 1. The molecule has 0 fully saturated rings. The van der Waals surface area contributed by atoms with Crippen molar-refractivity contribution < 1.29 is 13.2 Å². The Labute approximate surface area is 120 Å². The first kappa shape index (κ1) is 16.6. The molecule has 1 aromatic rings. The van der Waals surface area contributed by atoms with Crippen LogP contribution in [0.5, 0.6) is 0 Å². The van der Waals surface area contributed by atoms with Gasteiger partial charge in [-0.15, -0.1) is 0 Å². The summed E-state index contributed by atoms with van der Waals surface area (Å²) in [4.78, 5) is 11.7. The van der Waals surface area contributed by atoms with E-state index < -0.39 is 10.0 Å². The molecule has 0 spiro atoms. The Balaban J connectivity index is 3.01. The zero-order valence-corrected chi connectivity index (χ0v) is 12.8. The van der Waals surface area contributed by atoms with Gasteiger partial charge in [-0.2, -0.15) is 4.31 Å². The molecule has 0 heterocycles. The van der Waals surface area contributed by atoms with Crippen LogP contribution >= 0.6 is 0 Å². The van der Waals surface area contributed by atoms with Crippen LogP contribution in [0.25, 0.3) is 0 Å². The summed E-state index contributed by atoms with van der Waals surface area (Å²) < 4.78 is 25.9. The second-order valence-corrected chi connectivity index (χ2v) is 6.53. The van der Waals surface area contributed by atoms with Gasteiger partial charge in [0.1, 0.15) is 0 Å². The zero-order chi connectivity index (χ0) is 15.3. The van der Waals surface area contributed by atoms with E-state index in [-0.39, 0.29) is 17.3 Å². The summed E-state index contributed by atoms with van der Waals surface area (Å²) >= 11 is 0. The van der Waals surface area contributed by atoms with Crippen molar-refractivity contribution in [1.29, 1.82) is 0 Å². The molecule has 6 nitrogen and oxygen atoms in total. The van der Waals surface area contributed by atoms with E-state index in [0.717, 1.165) is 9.87 Å². The molecule has 1 amide bonds. The van der Waals surface area contributed by atoms with Gasteiger partial charge in [-0.05, 0) is 31.0 Å². The molecule has 0 saturated carbocycles. The van der Waals surface area contributed by atoms with Crippen molar-refractivity contribution in [1.82, 2.24) is 9.62 Å². The van der Waals surface area contributed by atoms with Crippen molar-refractivity contribution in [2.75, 3.05) is 20.1 Å². The Bertz CT molecular complexity index is 585. The first-order valence-corrected chi connectivity index (χ1v) is 7.79. The highest BCUT2D eigenvalue weighted by molar-refractivity contribution is 7.89. The van der Waals surface area contributed by atoms with Crippen LogP contribution in [0.4, 0.5) is 0 Å². The summed E-state index contributed by atoms with van der Waals surface area (Å²) in [5.41, 5.74) is 7.01. The Hall–Kier alpha value is -1.44. The number of nitrogens with zero attached hydrogens (tertiary/aromatic N) is 1. The van der Waals surface area contributed by atoms with Crippen LogP contribution in [-0.2, 0) is 21.4 Å². The lowest BCUT2D eigenvalue weighted by atomic mass is 10.1. The third-order valence-corrected chi connectivity index (χ3v) is 4.87. The maximum Gasteiger partial charge on any atom is 0.243 e. The lowest BCUT2D eigenvalue weighted by Crippen LogP contribution is -2.38. The Morgan fingerprint density at radius 1 is 1.40 bits per heavy atom. The predicted octanol–water partition coefficient (Wildman–Crippen LogP) is 0.210. The molecule has 3 N–H and O–H groups in total. The predicted molar refractivity (Wildman–Crippen MR) is 77.6 cm³/mol. The lowest BCUT2D eigenvalue weighted by Gasteiger charge is -2.18. The average Bonchev–Trinajstić information content (AvgIpc) is 2.38. The third-order valence-electron chi connectivity index (χ3n) is 2.90. The molecule has 0 atom stereocenters. The molecule has 1 aromatic carbocycles. The number of carbonyl (C=O) groups excluding carboxylic acids is 1. The van der Waals surface area contributed by atoms with Crippen molar-refractivity contribution in [3.8, 4) is 0 Å². The number of likely N-dealkylation sites (N-methyl/N-ethyl adjacent to an activating group) is 2. The van der Waals surface area contributed by atoms with Crippen LogP contribution in [-0.4, -0.2) is 38.8 Å². The molecule has 20 heavy (non-hydrogen) atoms. The molecule has 0 aliphatic rings. The van der Waals surface area contributed by atoms with Crippen molar-refractivity contribution >= 4 is 15.9 Å². The van der Waals surface area contributed by atoms with Gasteiger partial charge >= 0.3 is 0 Å². The number of nitrogens with one attached hydrogen (secondary N) is 1. The fraction of sp³-hybridized carbons (Fsp3) is 0.462. The van der Waals surface area contributed by atoms with Gasteiger partial charge in [-0.1, -0.05) is 12.1 Å². The number of aryl methyl sites for hydroxylation is 1. The van der Waals surface area contributed by atoms with Gasteiger partial charge in [0, 0.05) is 20.1 Å². The highest BCUT2D eigenvalue weighted by atomic mass is 32.2. The summed E-state index contributed by atoms with van der Waals surface area (Å²) in [6, 6.07) is 4.95. The molecule has 0 unspecified atom stereocenters. The van der Waals surface area contributed by atoms with E-state index in [1.165, 1.54) is 13.1 Å². The zero-order valence-electron chi connectivity index (χ0n) is 12.0. The summed E-state index contributed by atoms with van der Waals surface area (Å²) in [6.45, 7) is 4.12. The number of hydrogen-bond donors (Lipinski definition) is 2. The van der Waals surface area contributed by atoms with Crippen LogP contribution in [0.1, 0.15) is 18.1 Å². The number of nitrogens with two attached hydrogens (primary N) is 1. The molecule has 0 aromatic heterocycles. The van der Waals surface area contributed by atoms with Gasteiger partial charge in [0.2, 0.25) is 15.9 Å². The summed E-state index contributed by atoms with van der Waals surface area (Å²) in [5, 5.41) is 2.57. The second-order valence-electron chi connectivity index (χ2n) is 4.52. The van der Waals surface area contributed by atoms with E-state index >= 15 is 0 Å². The molecule has 0 aliphatic carbocycles. The van der Waals surface area contributed by atoms with Gasteiger partial charge in [0.15, 0.2) is 0 Å². The van der Waals surface area contributed by atoms with Crippen LogP contribution in [0.15, 0.2) is 23.1 Å². The van der Waals surface area contributed by atoms with E-state index in [1.54, 1.807) is 26.0 Å². The first-order chi connectivity index (χ1) is 9.32. The number of hydrogen-bond acceptors (Lipinski definition) is 4. The van der Waals surface area contributed by atoms with Crippen molar-refractivity contribution in [3.63, 3.8) is 0 Å². The third kappa shape index (κ3) is 3.78. The lowest BCUT2D eigenvalue weighted by molar-refractivity contribution is -0.121. The second kappa shape index (κ2) is 6.83. The largest absolute Gasteiger partial charge is 0.355 e. The fourth-order valence-corrected chi connectivity index (χ4v) is 3.16. The van der Waals surface area contributed by atoms with Crippen LogP contribution in [0, 0.1) is 6.92 Å². The molecular weight excluding hydrogens is 278 g/mol. The van der Waals surface area contributed by atoms with Gasteiger partial charge in [-0.25, -0.2) is 8.42 Å². The van der Waals surface area contributed by atoms with Crippen LogP contribution < -0.4 is 11.1 Å². The number of sulfonamides is 1. The van der Waals surface area contributed by atoms with E-state index in [0.29, 0.717) is 18.7 Å². The summed E-state index contributed by atoms with van der Waals surface area (Å²) in [7, 11) is -2.29. The van der Waals surface area contributed by atoms with E-state index in [1.807, 2.05) is 0 Å². The monoisotopic (exact) mass is 299 g/mol.